The number of benzene rings is 3. The van der Waals surface area contributed by atoms with Gasteiger partial charge < -0.3 is 9.73 Å². The van der Waals surface area contributed by atoms with Crippen LogP contribution in [0.5, 0.6) is 0 Å². The fourth-order valence-corrected chi connectivity index (χ4v) is 6.22. The molecule has 0 radical (unpaired) electrons. The van der Waals surface area contributed by atoms with E-state index in [2.05, 4.69) is 62.1 Å². The van der Waals surface area contributed by atoms with Crippen molar-refractivity contribution in [1.29, 1.82) is 0 Å². The van der Waals surface area contributed by atoms with Gasteiger partial charge in [-0.15, -0.1) is 0 Å². The lowest BCUT2D eigenvalue weighted by molar-refractivity contribution is -0.385. The summed E-state index contributed by atoms with van der Waals surface area (Å²) >= 11 is 0. The normalized spacial score (nSPS) is 18.4. The number of nitrogens with zero attached hydrogens (tertiary/aromatic N) is 1. The molecule has 2 heterocycles. The zero-order chi connectivity index (χ0) is 26.1. The molecular weight excluding hydrogens is 460 g/mol. The van der Waals surface area contributed by atoms with Crippen molar-refractivity contribution in [3.05, 3.63) is 111 Å². The SMILES string of the molecule is C=C1CC(C)(C)CC2=C1C(c1ccc(-c3cc(C)cc([N+](=O)[O-])c3C)o1)Nc1ccc3ccccc3c12. The van der Waals surface area contributed by atoms with Crippen molar-refractivity contribution in [3.8, 4) is 11.3 Å². The molecule has 1 aliphatic carbocycles. The molecule has 0 bridgehead atoms. The van der Waals surface area contributed by atoms with Crippen molar-refractivity contribution in [3.63, 3.8) is 0 Å². The molecule has 1 atom stereocenters. The van der Waals surface area contributed by atoms with Gasteiger partial charge >= 0.3 is 0 Å². The molecule has 0 spiro atoms. The standard InChI is InChI=1S/C32H30N2O3/c1-18-14-23(20(3)26(15-18)34(35)36)27-12-13-28(37-27)31-29-19(2)16-32(4,5)17-24(29)30-22-9-7-6-8-21(22)10-11-25(30)33-31/h6-15,31,33H,2,16-17H2,1,3-5H3. The Balaban J connectivity index is 1.52. The third kappa shape index (κ3) is 3.77. The van der Waals surface area contributed by atoms with E-state index in [0.717, 1.165) is 41.0 Å². The van der Waals surface area contributed by atoms with Crippen molar-refractivity contribution in [2.45, 2.75) is 46.6 Å². The average molecular weight is 491 g/mol. The number of hydrogen-bond acceptors (Lipinski definition) is 4. The second-order valence-electron chi connectivity index (χ2n) is 11.2. The van der Waals surface area contributed by atoms with Crippen LogP contribution in [0.4, 0.5) is 11.4 Å². The van der Waals surface area contributed by atoms with E-state index in [1.807, 2.05) is 25.1 Å². The highest BCUT2D eigenvalue weighted by Gasteiger charge is 2.39. The van der Waals surface area contributed by atoms with Gasteiger partial charge in [0, 0.05) is 28.4 Å². The Bertz CT molecular complexity index is 1650. The second-order valence-corrected chi connectivity index (χ2v) is 11.2. The van der Waals surface area contributed by atoms with Crippen LogP contribution in [0.3, 0.4) is 0 Å². The van der Waals surface area contributed by atoms with Crippen LogP contribution in [-0.2, 0) is 0 Å². The molecule has 1 aromatic heterocycles. The molecule has 186 valence electrons. The van der Waals surface area contributed by atoms with Gasteiger partial charge in [0.05, 0.1) is 4.92 Å². The van der Waals surface area contributed by atoms with Crippen LogP contribution in [0.2, 0.25) is 0 Å². The summed E-state index contributed by atoms with van der Waals surface area (Å²) in [5.74, 6) is 1.42. The Morgan fingerprint density at radius 3 is 2.62 bits per heavy atom. The highest BCUT2D eigenvalue weighted by Crippen LogP contribution is 2.55. The molecular formula is C32H30N2O3. The van der Waals surface area contributed by atoms with E-state index in [9.17, 15) is 10.1 Å². The summed E-state index contributed by atoms with van der Waals surface area (Å²) in [4.78, 5) is 11.3. The maximum Gasteiger partial charge on any atom is 0.273 e. The molecule has 4 aromatic rings. The average Bonchev–Trinajstić information content (AvgIpc) is 3.33. The van der Waals surface area contributed by atoms with Gasteiger partial charge in [-0.3, -0.25) is 10.1 Å². The fourth-order valence-electron chi connectivity index (χ4n) is 6.22. The van der Waals surface area contributed by atoms with E-state index < -0.39 is 0 Å². The minimum atomic E-state index is -0.329. The van der Waals surface area contributed by atoms with Crippen LogP contribution in [-0.4, -0.2) is 4.92 Å². The molecule has 0 saturated carbocycles. The van der Waals surface area contributed by atoms with Crippen LogP contribution >= 0.6 is 0 Å². The van der Waals surface area contributed by atoms with Gasteiger partial charge in [0.1, 0.15) is 17.6 Å². The van der Waals surface area contributed by atoms with Crippen LogP contribution in [0.25, 0.3) is 27.7 Å². The lowest BCUT2D eigenvalue weighted by Crippen LogP contribution is -2.28. The lowest BCUT2D eigenvalue weighted by Gasteiger charge is -2.41. The minimum Gasteiger partial charge on any atom is -0.459 e. The molecule has 6 rings (SSSR count). The summed E-state index contributed by atoms with van der Waals surface area (Å²) in [5, 5.41) is 17.8. The van der Waals surface area contributed by atoms with Gasteiger partial charge in [-0.25, -0.2) is 0 Å². The summed E-state index contributed by atoms with van der Waals surface area (Å²) in [6.45, 7) is 12.8. The van der Waals surface area contributed by atoms with E-state index in [0.29, 0.717) is 11.3 Å². The summed E-state index contributed by atoms with van der Waals surface area (Å²) in [5.41, 5.74) is 8.41. The Morgan fingerprint density at radius 2 is 1.84 bits per heavy atom. The number of anilines is 1. The van der Waals surface area contributed by atoms with E-state index >= 15 is 0 Å². The third-order valence-corrected chi connectivity index (χ3v) is 7.77. The summed E-state index contributed by atoms with van der Waals surface area (Å²) < 4.78 is 6.47. The molecule has 3 aromatic carbocycles. The molecule has 0 amide bonds. The summed E-state index contributed by atoms with van der Waals surface area (Å²) in [6.07, 6.45) is 1.87. The minimum absolute atomic E-state index is 0.109. The molecule has 0 fully saturated rings. The maximum atomic E-state index is 11.6. The Kier molecular flexibility index (Phi) is 5.16. The van der Waals surface area contributed by atoms with Crippen LogP contribution in [0, 0.1) is 29.4 Å². The lowest BCUT2D eigenvalue weighted by atomic mass is 9.67. The molecule has 5 heteroatoms. The molecule has 1 N–H and O–H groups in total. The number of nitrogens with one attached hydrogen (secondary N) is 1. The molecule has 1 aliphatic heterocycles. The van der Waals surface area contributed by atoms with Crippen molar-refractivity contribution < 1.29 is 9.34 Å². The zero-order valence-corrected chi connectivity index (χ0v) is 21.6. The van der Waals surface area contributed by atoms with Crippen LogP contribution < -0.4 is 5.32 Å². The molecule has 5 nitrogen and oxygen atoms in total. The molecule has 2 aliphatic rings. The van der Waals surface area contributed by atoms with E-state index in [1.54, 1.807) is 13.0 Å². The number of aryl methyl sites for hydroxylation is 1. The van der Waals surface area contributed by atoms with E-state index in [4.69, 9.17) is 4.42 Å². The number of nitro groups is 1. The Hall–Kier alpha value is -4.12. The first-order valence-corrected chi connectivity index (χ1v) is 12.7. The van der Waals surface area contributed by atoms with Crippen molar-refractivity contribution in [2.24, 2.45) is 5.41 Å². The van der Waals surface area contributed by atoms with Gasteiger partial charge in [0.25, 0.3) is 5.69 Å². The second kappa shape index (κ2) is 8.20. The molecule has 0 saturated heterocycles. The van der Waals surface area contributed by atoms with Crippen molar-refractivity contribution in [1.82, 2.24) is 0 Å². The number of allylic oxidation sites excluding steroid dienone is 1. The Labute approximate surface area is 216 Å². The van der Waals surface area contributed by atoms with Gasteiger partial charge in [-0.1, -0.05) is 50.8 Å². The third-order valence-electron chi connectivity index (χ3n) is 7.77. The van der Waals surface area contributed by atoms with Gasteiger partial charge in [-0.2, -0.15) is 0 Å². The molecule has 1 unspecified atom stereocenters. The predicted octanol–water partition coefficient (Wildman–Crippen LogP) is 8.92. The van der Waals surface area contributed by atoms with Crippen LogP contribution in [0.15, 0.2) is 82.8 Å². The van der Waals surface area contributed by atoms with E-state index in [-0.39, 0.29) is 22.1 Å². The quantitative estimate of drug-likeness (QED) is 0.230. The maximum absolute atomic E-state index is 11.6. The number of hydrogen-bond donors (Lipinski definition) is 1. The summed E-state index contributed by atoms with van der Waals surface area (Å²) in [7, 11) is 0. The first-order chi connectivity index (χ1) is 17.6. The number of fused-ring (bicyclic) bond motifs is 4. The smallest absolute Gasteiger partial charge is 0.273 e. The van der Waals surface area contributed by atoms with E-state index in [1.165, 1.54) is 27.5 Å². The highest BCUT2D eigenvalue weighted by atomic mass is 16.6. The highest BCUT2D eigenvalue weighted by molar-refractivity contribution is 6.02. The number of furan rings is 1. The first kappa shape index (κ1) is 23.3. The van der Waals surface area contributed by atoms with Gasteiger partial charge in [0.15, 0.2) is 0 Å². The number of rotatable bonds is 3. The van der Waals surface area contributed by atoms with Crippen LogP contribution in [0.1, 0.15) is 55.2 Å². The van der Waals surface area contributed by atoms with Gasteiger partial charge in [0.2, 0.25) is 0 Å². The fraction of sp³-hybridized carbons (Fsp3) is 0.250. The van der Waals surface area contributed by atoms with Gasteiger partial charge in [-0.05, 0) is 89.4 Å². The number of nitro benzene ring substituents is 1. The first-order valence-electron chi connectivity index (χ1n) is 12.7. The topological polar surface area (TPSA) is 68.3 Å². The summed E-state index contributed by atoms with van der Waals surface area (Å²) in [6, 6.07) is 20.2. The Morgan fingerprint density at radius 1 is 1.05 bits per heavy atom. The molecule has 37 heavy (non-hydrogen) atoms. The van der Waals surface area contributed by atoms with Crippen molar-refractivity contribution in [2.75, 3.05) is 5.32 Å². The zero-order valence-electron chi connectivity index (χ0n) is 21.6. The monoisotopic (exact) mass is 490 g/mol. The largest absolute Gasteiger partial charge is 0.459 e. The predicted molar refractivity (Wildman–Crippen MR) is 150 cm³/mol. The van der Waals surface area contributed by atoms with Crippen molar-refractivity contribution >= 4 is 27.7 Å².